The average molecular weight is 138 g/mol. The molecule has 0 saturated heterocycles. The number of rotatable bonds is 0. The first-order valence-electron chi connectivity index (χ1n) is 4.13. The van der Waals surface area contributed by atoms with Crippen LogP contribution in [0.1, 0.15) is 41.0 Å². The third kappa shape index (κ3) is 0.902. The van der Waals surface area contributed by atoms with E-state index in [1.54, 1.807) is 5.57 Å². The lowest BCUT2D eigenvalue weighted by molar-refractivity contribution is 0.183. The molecule has 0 aromatic heterocycles. The highest BCUT2D eigenvalue weighted by atomic mass is 14.4. The van der Waals surface area contributed by atoms with Crippen molar-refractivity contribution in [3.63, 3.8) is 0 Å². The summed E-state index contributed by atoms with van der Waals surface area (Å²) in [5, 5.41) is 0. The lowest BCUT2D eigenvalue weighted by atomic mass is 9.58. The van der Waals surface area contributed by atoms with Gasteiger partial charge < -0.3 is 0 Å². The molecule has 10 heavy (non-hydrogen) atoms. The van der Waals surface area contributed by atoms with Crippen LogP contribution in [0.3, 0.4) is 0 Å². The Balaban J connectivity index is 2.83. The van der Waals surface area contributed by atoms with Crippen molar-refractivity contribution in [2.24, 2.45) is 11.3 Å². The molecule has 0 heteroatoms. The summed E-state index contributed by atoms with van der Waals surface area (Å²) >= 11 is 0. The van der Waals surface area contributed by atoms with Crippen LogP contribution in [0.25, 0.3) is 0 Å². The van der Waals surface area contributed by atoms with Crippen LogP contribution >= 0.6 is 0 Å². The molecule has 0 N–H and O–H groups in total. The largest absolute Gasteiger partial charge is 0.0767 e. The predicted octanol–water partition coefficient (Wildman–Crippen LogP) is 3.39. The van der Waals surface area contributed by atoms with E-state index < -0.39 is 0 Å². The highest BCUT2D eigenvalue weighted by molar-refractivity contribution is 5.27. The Bertz CT molecular complexity index is 168. The van der Waals surface area contributed by atoms with E-state index in [0.29, 0.717) is 5.41 Å². The molecule has 0 aliphatic heterocycles. The van der Waals surface area contributed by atoms with Gasteiger partial charge in [0.15, 0.2) is 0 Å². The number of allylic oxidation sites excluding steroid dienone is 2. The van der Waals surface area contributed by atoms with Crippen molar-refractivity contribution in [2.75, 3.05) is 0 Å². The van der Waals surface area contributed by atoms with Crippen molar-refractivity contribution in [2.45, 2.75) is 41.0 Å². The zero-order chi connectivity index (χ0) is 7.94. The zero-order valence-corrected chi connectivity index (χ0v) is 7.78. The highest BCUT2D eigenvalue weighted by Crippen LogP contribution is 2.51. The van der Waals surface area contributed by atoms with Crippen molar-refractivity contribution >= 4 is 0 Å². The molecule has 1 fully saturated rings. The maximum absolute atomic E-state index is 2.35. The quantitative estimate of drug-likeness (QED) is 0.450. The van der Waals surface area contributed by atoms with E-state index in [0.717, 1.165) is 5.92 Å². The second-order valence-corrected chi connectivity index (χ2v) is 4.31. The minimum absolute atomic E-state index is 0.499. The second kappa shape index (κ2) is 2.11. The molecule has 0 spiro atoms. The summed E-state index contributed by atoms with van der Waals surface area (Å²) in [5.74, 6) is 0.886. The van der Waals surface area contributed by atoms with E-state index in [1.807, 2.05) is 0 Å². The van der Waals surface area contributed by atoms with Crippen LogP contribution in [0, 0.1) is 11.3 Å². The van der Waals surface area contributed by atoms with Gasteiger partial charge in [-0.25, -0.2) is 0 Å². The molecule has 1 aliphatic rings. The second-order valence-electron chi connectivity index (χ2n) is 4.31. The van der Waals surface area contributed by atoms with Gasteiger partial charge >= 0.3 is 0 Å². The Morgan fingerprint density at radius 2 is 1.90 bits per heavy atom. The van der Waals surface area contributed by atoms with Gasteiger partial charge in [0.1, 0.15) is 0 Å². The Kier molecular flexibility index (Phi) is 1.66. The van der Waals surface area contributed by atoms with Crippen molar-refractivity contribution in [3.05, 3.63) is 11.1 Å². The van der Waals surface area contributed by atoms with E-state index in [4.69, 9.17) is 0 Å². The minimum atomic E-state index is 0.499. The van der Waals surface area contributed by atoms with Gasteiger partial charge in [0.2, 0.25) is 0 Å². The van der Waals surface area contributed by atoms with Crippen LogP contribution in [0.4, 0.5) is 0 Å². The smallest absolute Gasteiger partial charge is 0.0113 e. The fourth-order valence-corrected chi connectivity index (χ4v) is 1.84. The molecule has 0 bridgehead atoms. The van der Waals surface area contributed by atoms with Crippen LogP contribution in [0.15, 0.2) is 11.1 Å². The van der Waals surface area contributed by atoms with Gasteiger partial charge in [0, 0.05) is 0 Å². The van der Waals surface area contributed by atoms with Crippen LogP contribution in [-0.4, -0.2) is 0 Å². The molecule has 0 heterocycles. The fourth-order valence-electron chi connectivity index (χ4n) is 1.84. The third-order valence-corrected chi connectivity index (χ3v) is 3.12. The topological polar surface area (TPSA) is 0 Å². The molecule has 1 unspecified atom stereocenters. The van der Waals surface area contributed by atoms with Gasteiger partial charge in [-0.05, 0) is 31.6 Å². The first-order chi connectivity index (χ1) is 4.46. The summed E-state index contributed by atoms with van der Waals surface area (Å²) in [4.78, 5) is 0. The SMILES string of the molecule is CC(C)=C1CC(C)C1(C)C. The maximum atomic E-state index is 2.35. The average Bonchev–Trinajstić information content (AvgIpc) is 1.82. The van der Waals surface area contributed by atoms with Crippen molar-refractivity contribution in [1.82, 2.24) is 0 Å². The van der Waals surface area contributed by atoms with E-state index in [-0.39, 0.29) is 0 Å². The molecule has 1 rings (SSSR count). The van der Waals surface area contributed by atoms with Crippen molar-refractivity contribution in [1.29, 1.82) is 0 Å². The van der Waals surface area contributed by atoms with Gasteiger partial charge in [-0.2, -0.15) is 0 Å². The van der Waals surface area contributed by atoms with Crippen LogP contribution in [-0.2, 0) is 0 Å². The first-order valence-corrected chi connectivity index (χ1v) is 4.13. The molecule has 0 amide bonds. The van der Waals surface area contributed by atoms with E-state index >= 15 is 0 Å². The lowest BCUT2D eigenvalue weighted by Crippen LogP contribution is -2.36. The summed E-state index contributed by atoms with van der Waals surface area (Å²) in [6.45, 7) is 11.5. The van der Waals surface area contributed by atoms with Gasteiger partial charge in [-0.1, -0.05) is 31.9 Å². The molecule has 0 radical (unpaired) electrons. The van der Waals surface area contributed by atoms with Crippen LogP contribution < -0.4 is 0 Å². The molecule has 0 aromatic rings. The standard InChI is InChI=1S/C10H18/c1-7(2)9-6-8(3)10(9,4)5/h8H,6H2,1-5H3. The molecule has 1 saturated carbocycles. The predicted molar refractivity (Wildman–Crippen MR) is 45.9 cm³/mol. The summed E-state index contributed by atoms with van der Waals surface area (Å²) < 4.78 is 0. The molecule has 0 nitrogen and oxygen atoms in total. The zero-order valence-electron chi connectivity index (χ0n) is 7.78. The molecular weight excluding hydrogens is 120 g/mol. The Morgan fingerprint density at radius 3 is 2.00 bits per heavy atom. The number of hydrogen-bond acceptors (Lipinski definition) is 0. The fraction of sp³-hybridized carbons (Fsp3) is 0.800. The number of hydrogen-bond donors (Lipinski definition) is 0. The molecule has 1 atom stereocenters. The monoisotopic (exact) mass is 138 g/mol. The summed E-state index contributed by atoms with van der Waals surface area (Å²) in [7, 11) is 0. The third-order valence-electron chi connectivity index (χ3n) is 3.12. The van der Waals surface area contributed by atoms with Gasteiger partial charge in [0.05, 0.1) is 0 Å². The molecule has 0 aromatic carbocycles. The summed E-state index contributed by atoms with van der Waals surface area (Å²) in [5.41, 5.74) is 3.71. The van der Waals surface area contributed by atoms with Crippen molar-refractivity contribution in [3.8, 4) is 0 Å². The maximum Gasteiger partial charge on any atom is -0.0113 e. The molecule has 1 aliphatic carbocycles. The van der Waals surface area contributed by atoms with Gasteiger partial charge in [-0.3, -0.25) is 0 Å². The lowest BCUT2D eigenvalue weighted by Gasteiger charge is -2.47. The summed E-state index contributed by atoms with van der Waals surface area (Å²) in [6, 6.07) is 0. The van der Waals surface area contributed by atoms with E-state index in [1.165, 1.54) is 12.0 Å². The normalized spacial score (nSPS) is 29.7. The van der Waals surface area contributed by atoms with Crippen molar-refractivity contribution < 1.29 is 0 Å². The van der Waals surface area contributed by atoms with Crippen LogP contribution in [0.5, 0.6) is 0 Å². The highest BCUT2D eigenvalue weighted by Gasteiger charge is 2.40. The van der Waals surface area contributed by atoms with Gasteiger partial charge in [0.25, 0.3) is 0 Å². The first kappa shape index (κ1) is 7.84. The Morgan fingerprint density at radius 1 is 1.40 bits per heavy atom. The van der Waals surface area contributed by atoms with Crippen LogP contribution in [0.2, 0.25) is 0 Å². The van der Waals surface area contributed by atoms with E-state index in [9.17, 15) is 0 Å². The van der Waals surface area contributed by atoms with Gasteiger partial charge in [-0.15, -0.1) is 0 Å². The molecular formula is C10H18. The summed E-state index contributed by atoms with van der Waals surface area (Å²) in [6.07, 6.45) is 1.33. The molecule has 58 valence electrons. The van der Waals surface area contributed by atoms with E-state index in [2.05, 4.69) is 34.6 Å². The Hall–Kier alpha value is -0.260. The minimum Gasteiger partial charge on any atom is -0.0767 e. The Labute approximate surface area is 64.3 Å².